The summed E-state index contributed by atoms with van der Waals surface area (Å²) in [5, 5.41) is 0. The van der Waals surface area contributed by atoms with Crippen LogP contribution >= 0.6 is 11.8 Å². The average Bonchev–Trinajstić information content (AvgIpc) is 3.30. The summed E-state index contributed by atoms with van der Waals surface area (Å²) in [6.45, 7) is 7.81. The molecule has 1 aromatic carbocycles. The number of rotatable bonds is 3. The Kier molecular flexibility index (Phi) is 5.42. The van der Waals surface area contributed by atoms with Crippen LogP contribution in [0.4, 0.5) is 0 Å². The lowest BCUT2D eigenvalue weighted by Crippen LogP contribution is -2.50. The Hall–Kier alpha value is -1.82. The van der Waals surface area contributed by atoms with E-state index in [1.807, 2.05) is 17.0 Å². The maximum atomic E-state index is 12.7. The minimum atomic E-state index is -0.573. The largest absolute Gasteiger partial charge is 0.341 e. The zero-order valence-corrected chi connectivity index (χ0v) is 16.5. The van der Waals surface area contributed by atoms with Crippen molar-refractivity contribution in [3.63, 3.8) is 0 Å². The molecule has 0 spiro atoms. The number of Topliss-reactive ketones (excluding diaryl/α,β-unsaturated/α-hetero) is 1. The van der Waals surface area contributed by atoms with Crippen LogP contribution in [0.2, 0.25) is 0 Å². The van der Waals surface area contributed by atoms with Gasteiger partial charge in [-0.2, -0.15) is 0 Å². The summed E-state index contributed by atoms with van der Waals surface area (Å²) in [6, 6.07) is 6.70. The van der Waals surface area contributed by atoms with Crippen LogP contribution in [0.25, 0.3) is 0 Å². The molecule has 0 aromatic heterocycles. The van der Waals surface area contributed by atoms with Crippen LogP contribution in [0.15, 0.2) is 24.3 Å². The first-order chi connectivity index (χ1) is 12.3. The van der Waals surface area contributed by atoms with Gasteiger partial charge in [0.05, 0.1) is 5.88 Å². The number of ketones is 1. The summed E-state index contributed by atoms with van der Waals surface area (Å²) in [6.07, 6.45) is 2.03. The second-order valence-electron chi connectivity index (χ2n) is 7.98. The van der Waals surface area contributed by atoms with Gasteiger partial charge in [-0.1, -0.05) is 45.0 Å². The van der Waals surface area contributed by atoms with E-state index in [4.69, 9.17) is 0 Å². The highest BCUT2D eigenvalue weighted by Gasteiger charge is 2.40. The van der Waals surface area contributed by atoms with Crippen LogP contribution in [-0.4, -0.2) is 58.2 Å². The SMILES string of the molecule is CC(C)(C)c1ccc(C(=O)C(=O)N2CSC[C@H]2C(=O)N2CCCC2)cc1. The minimum absolute atomic E-state index is 0.00950. The molecule has 2 saturated heterocycles. The molecule has 0 aliphatic carbocycles. The number of carbonyl (C=O) groups is 3. The molecule has 1 aromatic rings. The zero-order valence-electron chi connectivity index (χ0n) is 15.7. The van der Waals surface area contributed by atoms with Gasteiger partial charge in [0, 0.05) is 24.4 Å². The van der Waals surface area contributed by atoms with E-state index < -0.39 is 17.7 Å². The van der Waals surface area contributed by atoms with Crippen LogP contribution in [0.3, 0.4) is 0 Å². The molecule has 2 aliphatic rings. The Balaban J connectivity index is 1.73. The Morgan fingerprint density at radius 2 is 1.65 bits per heavy atom. The molecule has 6 heteroatoms. The molecule has 3 rings (SSSR count). The average molecular weight is 375 g/mol. The lowest BCUT2D eigenvalue weighted by atomic mass is 9.86. The first-order valence-corrected chi connectivity index (χ1v) is 10.3. The maximum absolute atomic E-state index is 12.7. The topological polar surface area (TPSA) is 57.7 Å². The van der Waals surface area contributed by atoms with Crippen molar-refractivity contribution in [2.75, 3.05) is 24.7 Å². The number of hydrogen-bond acceptors (Lipinski definition) is 4. The van der Waals surface area contributed by atoms with Crippen molar-refractivity contribution < 1.29 is 14.4 Å². The van der Waals surface area contributed by atoms with Crippen LogP contribution in [-0.2, 0) is 15.0 Å². The molecule has 2 heterocycles. The molecule has 5 nitrogen and oxygen atoms in total. The number of amides is 2. The van der Waals surface area contributed by atoms with Crippen molar-refractivity contribution in [1.82, 2.24) is 9.80 Å². The third-order valence-electron chi connectivity index (χ3n) is 5.05. The number of nitrogens with zero attached hydrogens (tertiary/aromatic N) is 2. The van der Waals surface area contributed by atoms with E-state index in [1.165, 1.54) is 16.7 Å². The first-order valence-electron chi connectivity index (χ1n) is 9.11. The second kappa shape index (κ2) is 7.43. The van der Waals surface area contributed by atoms with Gasteiger partial charge >= 0.3 is 0 Å². The quantitative estimate of drug-likeness (QED) is 0.603. The Morgan fingerprint density at radius 3 is 2.23 bits per heavy atom. The van der Waals surface area contributed by atoms with Crippen LogP contribution < -0.4 is 0 Å². The van der Waals surface area contributed by atoms with Crippen molar-refractivity contribution in [2.45, 2.75) is 45.1 Å². The third-order valence-corrected chi connectivity index (χ3v) is 6.07. The summed E-state index contributed by atoms with van der Waals surface area (Å²) in [4.78, 5) is 41.4. The summed E-state index contributed by atoms with van der Waals surface area (Å²) in [5.41, 5.74) is 1.48. The lowest BCUT2D eigenvalue weighted by molar-refractivity contribution is -0.140. The van der Waals surface area contributed by atoms with E-state index in [9.17, 15) is 14.4 Å². The number of likely N-dealkylation sites (tertiary alicyclic amines) is 1. The fourth-order valence-electron chi connectivity index (χ4n) is 3.37. The van der Waals surface area contributed by atoms with Crippen molar-refractivity contribution >= 4 is 29.4 Å². The molecule has 0 N–H and O–H groups in total. The number of thioether (sulfide) groups is 1. The molecule has 0 bridgehead atoms. The van der Waals surface area contributed by atoms with E-state index in [1.54, 1.807) is 12.1 Å². The number of benzene rings is 1. The summed E-state index contributed by atoms with van der Waals surface area (Å²) < 4.78 is 0. The van der Waals surface area contributed by atoms with E-state index in [0.29, 0.717) is 17.2 Å². The van der Waals surface area contributed by atoms with E-state index >= 15 is 0 Å². The number of carbonyl (C=O) groups excluding carboxylic acids is 3. The molecular formula is C20H26N2O3S. The maximum Gasteiger partial charge on any atom is 0.296 e. The minimum Gasteiger partial charge on any atom is -0.341 e. The van der Waals surface area contributed by atoms with Gasteiger partial charge in [-0.3, -0.25) is 14.4 Å². The summed E-state index contributed by atoms with van der Waals surface area (Å²) in [5.74, 6) is -0.161. The molecule has 0 unspecified atom stereocenters. The smallest absolute Gasteiger partial charge is 0.296 e. The van der Waals surface area contributed by atoms with Gasteiger partial charge in [0.25, 0.3) is 5.91 Å². The fourth-order valence-corrected chi connectivity index (χ4v) is 4.52. The van der Waals surface area contributed by atoms with Crippen LogP contribution in [0.1, 0.15) is 49.5 Å². The predicted molar refractivity (Wildman–Crippen MR) is 103 cm³/mol. The molecule has 2 aliphatic heterocycles. The molecule has 0 radical (unpaired) electrons. The normalized spacial score (nSPS) is 20.5. The van der Waals surface area contributed by atoms with Gasteiger partial charge in [0.15, 0.2) is 0 Å². The van der Waals surface area contributed by atoms with Crippen LogP contribution in [0.5, 0.6) is 0 Å². The Morgan fingerprint density at radius 1 is 1.04 bits per heavy atom. The molecule has 0 saturated carbocycles. The van der Waals surface area contributed by atoms with Crippen molar-refractivity contribution in [1.29, 1.82) is 0 Å². The molecule has 140 valence electrons. The predicted octanol–water partition coefficient (Wildman–Crippen LogP) is 2.69. The lowest BCUT2D eigenvalue weighted by Gasteiger charge is -2.26. The van der Waals surface area contributed by atoms with E-state index in [2.05, 4.69) is 20.8 Å². The zero-order chi connectivity index (χ0) is 18.9. The van der Waals surface area contributed by atoms with Gasteiger partial charge in [-0.05, 0) is 23.8 Å². The van der Waals surface area contributed by atoms with Gasteiger partial charge < -0.3 is 9.80 Å². The van der Waals surface area contributed by atoms with Gasteiger partial charge in [0.2, 0.25) is 11.7 Å². The second-order valence-corrected chi connectivity index (χ2v) is 8.98. The van der Waals surface area contributed by atoms with E-state index in [-0.39, 0.29) is 11.3 Å². The highest BCUT2D eigenvalue weighted by molar-refractivity contribution is 7.99. The summed E-state index contributed by atoms with van der Waals surface area (Å²) >= 11 is 1.53. The monoisotopic (exact) mass is 374 g/mol. The van der Waals surface area contributed by atoms with Gasteiger partial charge in [-0.15, -0.1) is 11.8 Å². The highest BCUT2D eigenvalue weighted by atomic mass is 32.2. The van der Waals surface area contributed by atoms with Crippen LogP contribution in [0, 0.1) is 0 Å². The fraction of sp³-hybridized carbons (Fsp3) is 0.550. The van der Waals surface area contributed by atoms with Gasteiger partial charge in [-0.25, -0.2) is 0 Å². The van der Waals surface area contributed by atoms with E-state index in [0.717, 1.165) is 31.5 Å². The summed E-state index contributed by atoms with van der Waals surface area (Å²) in [7, 11) is 0. The molecule has 2 fully saturated rings. The van der Waals surface area contributed by atoms with Crippen molar-refractivity contribution in [2.24, 2.45) is 0 Å². The van der Waals surface area contributed by atoms with Crippen molar-refractivity contribution in [3.05, 3.63) is 35.4 Å². The molecule has 1 atom stereocenters. The highest BCUT2D eigenvalue weighted by Crippen LogP contribution is 2.26. The molecule has 2 amide bonds. The standard InChI is InChI=1S/C20H26N2O3S/c1-20(2,3)15-8-6-14(7-9-15)17(23)19(25)22-13-26-12-16(22)18(24)21-10-4-5-11-21/h6-9,16H,4-5,10-13H2,1-3H3/t16-/m0/s1. The molecular weight excluding hydrogens is 348 g/mol. The number of hydrogen-bond donors (Lipinski definition) is 0. The van der Waals surface area contributed by atoms with Crippen molar-refractivity contribution in [3.8, 4) is 0 Å². The Labute approximate surface area is 159 Å². The Bertz CT molecular complexity index is 703. The first kappa shape index (κ1) is 19.0. The molecule has 26 heavy (non-hydrogen) atoms. The third kappa shape index (κ3) is 3.80. The van der Waals surface area contributed by atoms with Gasteiger partial charge in [0.1, 0.15) is 6.04 Å².